The lowest BCUT2D eigenvalue weighted by Crippen LogP contribution is -2.27. The van der Waals surface area contributed by atoms with Gasteiger partial charge >= 0.3 is 0 Å². The molecule has 1 aromatic rings. The van der Waals surface area contributed by atoms with Crippen LogP contribution in [0.1, 0.15) is 5.56 Å². The van der Waals surface area contributed by atoms with E-state index in [1.807, 2.05) is 12.1 Å². The van der Waals surface area contributed by atoms with Gasteiger partial charge < -0.3 is 9.47 Å². The highest BCUT2D eigenvalue weighted by atomic mass is 79.9. The molecule has 1 unspecified atom stereocenters. The minimum Gasteiger partial charge on any atom is -0.489 e. The summed E-state index contributed by atoms with van der Waals surface area (Å²) in [5, 5.41) is 0. The molecular formula is C10H11BrO2. The summed E-state index contributed by atoms with van der Waals surface area (Å²) in [7, 11) is 1.72. The molecule has 13 heavy (non-hydrogen) atoms. The fourth-order valence-corrected chi connectivity index (χ4v) is 2.03. The molecule has 1 aromatic carbocycles. The summed E-state index contributed by atoms with van der Waals surface area (Å²) in [6.45, 7) is 0.645. The van der Waals surface area contributed by atoms with Gasteiger partial charge in [0.25, 0.3) is 0 Å². The van der Waals surface area contributed by atoms with E-state index in [9.17, 15) is 0 Å². The summed E-state index contributed by atoms with van der Waals surface area (Å²) in [6, 6.07) is 6.08. The number of halogens is 1. The predicted octanol–water partition coefficient (Wildman–Crippen LogP) is 2.40. The van der Waals surface area contributed by atoms with Crippen molar-refractivity contribution in [2.75, 3.05) is 13.7 Å². The number of benzene rings is 1. The Morgan fingerprint density at radius 2 is 2.38 bits per heavy atom. The molecule has 0 saturated heterocycles. The number of para-hydroxylation sites is 1. The van der Waals surface area contributed by atoms with Crippen molar-refractivity contribution in [3.8, 4) is 5.75 Å². The summed E-state index contributed by atoms with van der Waals surface area (Å²) >= 11 is 3.46. The van der Waals surface area contributed by atoms with Crippen molar-refractivity contribution in [2.24, 2.45) is 0 Å². The van der Waals surface area contributed by atoms with Crippen LogP contribution in [-0.2, 0) is 11.2 Å². The Hall–Kier alpha value is -0.540. The Morgan fingerprint density at radius 3 is 3.15 bits per heavy atom. The van der Waals surface area contributed by atoms with Crippen LogP contribution >= 0.6 is 15.9 Å². The highest BCUT2D eigenvalue weighted by Crippen LogP contribution is 2.33. The minimum atomic E-state index is 0.196. The maximum atomic E-state index is 5.59. The van der Waals surface area contributed by atoms with Crippen LogP contribution < -0.4 is 4.74 Å². The van der Waals surface area contributed by atoms with E-state index in [1.54, 1.807) is 7.11 Å². The second kappa shape index (κ2) is 3.68. The van der Waals surface area contributed by atoms with Gasteiger partial charge in [0, 0.05) is 13.5 Å². The number of methoxy groups -OCH3 is 1. The quantitative estimate of drug-likeness (QED) is 0.754. The van der Waals surface area contributed by atoms with Crippen LogP contribution in [-0.4, -0.2) is 19.8 Å². The van der Waals surface area contributed by atoms with Gasteiger partial charge in [-0.05, 0) is 27.6 Å². The van der Waals surface area contributed by atoms with E-state index in [1.165, 1.54) is 5.56 Å². The van der Waals surface area contributed by atoms with Gasteiger partial charge in [-0.3, -0.25) is 0 Å². The minimum absolute atomic E-state index is 0.196. The van der Waals surface area contributed by atoms with Crippen LogP contribution in [0.25, 0.3) is 0 Å². The molecular weight excluding hydrogens is 232 g/mol. The lowest BCUT2D eigenvalue weighted by atomic mass is 10.0. The maximum absolute atomic E-state index is 5.59. The summed E-state index contributed by atoms with van der Waals surface area (Å²) in [6.07, 6.45) is 1.13. The normalized spacial score (nSPS) is 20.6. The molecule has 1 atom stereocenters. The zero-order chi connectivity index (χ0) is 9.26. The zero-order valence-electron chi connectivity index (χ0n) is 7.42. The van der Waals surface area contributed by atoms with Crippen LogP contribution in [0.5, 0.6) is 5.75 Å². The van der Waals surface area contributed by atoms with Crippen LogP contribution in [0.3, 0.4) is 0 Å². The van der Waals surface area contributed by atoms with Crippen molar-refractivity contribution in [1.82, 2.24) is 0 Å². The zero-order valence-corrected chi connectivity index (χ0v) is 9.00. The fraction of sp³-hybridized carbons (Fsp3) is 0.400. The van der Waals surface area contributed by atoms with Crippen LogP contribution in [0.15, 0.2) is 22.7 Å². The van der Waals surface area contributed by atoms with Gasteiger partial charge in [0.05, 0.1) is 10.6 Å². The lowest BCUT2D eigenvalue weighted by Gasteiger charge is -2.24. The molecule has 1 heterocycles. The van der Waals surface area contributed by atoms with Crippen molar-refractivity contribution in [2.45, 2.75) is 12.5 Å². The smallest absolute Gasteiger partial charge is 0.136 e. The molecule has 0 N–H and O–H groups in total. The third-order valence-corrected chi connectivity index (χ3v) is 2.87. The number of rotatable bonds is 1. The second-order valence-corrected chi connectivity index (χ2v) is 3.96. The summed E-state index contributed by atoms with van der Waals surface area (Å²) in [5.74, 6) is 0.968. The summed E-state index contributed by atoms with van der Waals surface area (Å²) < 4.78 is 11.9. The maximum Gasteiger partial charge on any atom is 0.136 e. The standard InChI is InChI=1S/C10H11BrO2/c1-12-8-5-7-3-2-4-9(11)10(7)13-6-8/h2-4,8H,5-6H2,1H3. The third-order valence-electron chi connectivity index (χ3n) is 2.24. The van der Waals surface area contributed by atoms with Gasteiger partial charge in [0.1, 0.15) is 12.4 Å². The first-order valence-electron chi connectivity index (χ1n) is 4.24. The Balaban J connectivity index is 2.31. The summed E-state index contributed by atoms with van der Waals surface area (Å²) in [4.78, 5) is 0. The van der Waals surface area contributed by atoms with Crippen molar-refractivity contribution in [3.05, 3.63) is 28.2 Å². The first kappa shape index (κ1) is 9.03. The van der Waals surface area contributed by atoms with Crippen molar-refractivity contribution < 1.29 is 9.47 Å². The third kappa shape index (κ3) is 1.71. The van der Waals surface area contributed by atoms with Gasteiger partial charge in [0.2, 0.25) is 0 Å². The van der Waals surface area contributed by atoms with Crippen molar-refractivity contribution in [3.63, 3.8) is 0 Å². The van der Waals surface area contributed by atoms with E-state index in [0.717, 1.165) is 16.6 Å². The molecule has 0 radical (unpaired) electrons. The van der Waals surface area contributed by atoms with Crippen LogP contribution in [0.2, 0.25) is 0 Å². The molecule has 1 aliphatic heterocycles. The van der Waals surface area contributed by atoms with Crippen LogP contribution in [0, 0.1) is 0 Å². The molecule has 0 saturated carbocycles. The Labute approximate surface area is 86.0 Å². The van der Waals surface area contributed by atoms with E-state index >= 15 is 0 Å². The van der Waals surface area contributed by atoms with Gasteiger partial charge in [-0.25, -0.2) is 0 Å². The van der Waals surface area contributed by atoms with E-state index < -0.39 is 0 Å². The Bertz CT molecular complexity index is 312. The van der Waals surface area contributed by atoms with Gasteiger partial charge in [-0.1, -0.05) is 12.1 Å². The first-order valence-corrected chi connectivity index (χ1v) is 5.03. The van der Waals surface area contributed by atoms with Crippen molar-refractivity contribution >= 4 is 15.9 Å². The number of fused-ring (bicyclic) bond motifs is 1. The van der Waals surface area contributed by atoms with E-state index in [0.29, 0.717) is 6.61 Å². The molecule has 2 rings (SSSR count). The summed E-state index contributed by atoms with van der Waals surface area (Å²) in [5.41, 5.74) is 1.22. The SMILES string of the molecule is COC1COc2c(Br)cccc2C1. The lowest BCUT2D eigenvalue weighted by molar-refractivity contribution is 0.0464. The molecule has 0 aromatic heterocycles. The van der Waals surface area contributed by atoms with Crippen molar-refractivity contribution in [1.29, 1.82) is 0 Å². The monoisotopic (exact) mass is 242 g/mol. The number of hydrogen-bond donors (Lipinski definition) is 0. The van der Waals surface area contributed by atoms with E-state index in [4.69, 9.17) is 9.47 Å². The van der Waals surface area contributed by atoms with E-state index in [2.05, 4.69) is 22.0 Å². The molecule has 0 amide bonds. The van der Waals surface area contributed by atoms with Gasteiger partial charge in [-0.2, -0.15) is 0 Å². The predicted molar refractivity (Wildman–Crippen MR) is 54.1 cm³/mol. The topological polar surface area (TPSA) is 18.5 Å². The molecule has 1 aliphatic rings. The first-order chi connectivity index (χ1) is 6.31. The molecule has 3 heteroatoms. The molecule has 0 aliphatic carbocycles. The average Bonchev–Trinajstić information content (AvgIpc) is 2.18. The fourth-order valence-electron chi connectivity index (χ4n) is 1.51. The van der Waals surface area contributed by atoms with E-state index in [-0.39, 0.29) is 6.10 Å². The highest BCUT2D eigenvalue weighted by Gasteiger charge is 2.20. The van der Waals surface area contributed by atoms with Gasteiger partial charge in [0.15, 0.2) is 0 Å². The van der Waals surface area contributed by atoms with Gasteiger partial charge in [-0.15, -0.1) is 0 Å². The Kier molecular flexibility index (Phi) is 2.56. The van der Waals surface area contributed by atoms with Crippen LogP contribution in [0.4, 0.5) is 0 Å². The molecule has 0 spiro atoms. The molecule has 70 valence electrons. The number of hydrogen-bond acceptors (Lipinski definition) is 2. The molecule has 2 nitrogen and oxygen atoms in total. The Morgan fingerprint density at radius 1 is 1.54 bits per heavy atom. The number of ether oxygens (including phenoxy) is 2. The largest absolute Gasteiger partial charge is 0.489 e. The molecule has 0 fully saturated rings. The average molecular weight is 243 g/mol. The highest BCUT2D eigenvalue weighted by molar-refractivity contribution is 9.10. The molecule has 0 bridgehead atoms. The second-order valence-electron chi connectivity index (χ2n) is 3.10.